The summed E-state index contributed by atoms with van der Waals surface area (Å²) in [6, 6.07) is 8.79. The lowest BCUT2D eigenvalue weighted by molar-refractivity contribution is 0.674. The van der Waals surface area contributed by atoms with Crippen LogP contribution in [0.15, 0.2) is 24.3 Å². The summed E-state index contributed by atoms with van der Waals surface area (Å²) < 4.78 is 0. The zero-order valence-corrected chi connectivity index (χ0v) is 8.29. The Balaban J connectivity index is 1.96. The number of hydrogen-bond acceptors (Lipinski definition) is 2. The number of rotatable bonds is 2. The van der Waals surface area contributed by atoms with Gasteiger partial charge in [0.15, 0.2) is 0 Å². The Morgan fingerprint density at radius 1 is 1.50 bits per heavy atom. The molecule has 1 aromatic rings. The van der Waals surface area contributed by atoms with Gasteiger partial charge in [-0.3, -0.25) is 0 Å². The molecule has 1 aliphatic carbocycles. The Morgan fingerprint density at radius 3 is 3.07 bits per heavy atom. The number of piperidine rings is 1. The highest BCUT2D eigenvalue weighted by Crippen LogP contribution is 2.56. The minimum Gasteiger partial charge on any atom is -0.326 e. The van der Waals surface area contributed by atoms with Crippen LogP contribution in [0.5, 0.6) is 0 Å². The van der Waals surface area contributed by atoms with E-state index in [0.717, 1.165) is 12.5 Å². The minimum atomic E-state index is 0.477. The Morgan fingerprint density at radius 2 is 2.43 bits per heavy atom. The monoisotopic (exact) mass is 188 g/mol. The van der Waals surface area contributed by atoms with E-state index < -0.39 is 0 Å². The van der Waals surface area contributed by atoms with E-state index in [2.05, 4.69) is 29.6 Å². The molecule has 0 aromatic heterocycles. The van der Waals surface area contributed by atoms with E-state index in [4.69, 9.17) is 5.73 Å². The molecule has 74 valence electrons. The molecule has 1 heterocycles. The molecule has 2 fully saturated rings. The van der Waals surface area contributed by atoms with Gasteiger partial charge in [0, 0.05) is 18.5 Å². The maximum Gasteiger partial charge on any atom is 0.0178 e. The summed E-state index contributed by atoms with van der Waals surface area (Å²) in [5.74, 6) is 0.885. The average Bonchev–Trinajstić information content (AvgIpc) is 2.82. The summed E-state index contributed by atoms with van der Waals surface area (Å²) in [4.78, 5) is 0. The van der Waals surface area contributed by atoms with Crippen LogP contribution in [0.1, 0.15) is 17.5 Å². The fourth-order valence-corrected chi connectivity index (χ4v) is 2.80. The summed E-state index contributed by atoms with van der Waals surface area (Å²) in [7, 11) is 0. The van der Waals surface area contributed by atoms with Gasteiger partial charge in [0.2, 0.25) is 0 Å². The summed E-state index contributed by atoms with van der Waals surface area (Å²) in [5, 5.41) is 3.47. The zero-order valence-electron chi connectivity index (χ0n) is 8.29. The number of fused-ring (bicyclic) bond motifs is 1. The largest absolute Gasteiger partial charge is 0.326 e. The van der Waals surface area contributed by atoms with E-state index in [-0.39, 0.29) is 0 Å². The molecule has 3 rings (SSSR count). The predicted octanol–water partition coefficient (Wildman–Crippen LogP) is 1.01. The first-order valence-electron chi connectivity index (χ1n) is 5.35. The van der Waals surface area contributed by atoms with Crippen LogP contribution < -0.4 is 11.1 Å². The molecular formula is C12H16N2. The van der Waals surface area contributed by atoms with Crippen molar-refractivity contribution in [2.45, 2.75) is 18.4 Å². The van der Waals surface area contributed by atoms with Crippen molar-refractivity contribution in [1.82, 2.24) is 5.32 Å². The second-order valence-corrected chi connectivity index (χ2v) is 4.59. The van der Waals surface area contributed by atoms with Crippen LogP contribution in [0.4, 0.5) is 0 Å². The molecule has 0 amide bonds. The van der Waals surface area contributed by atoms with Gasteiger partial charge < -0.3 is 11.1 Å². The number of nitrogens with one attached hydrogen (secondary N) is 1. The topological polar surface area (TPSA) is 38.0 Å². The smallest absolute Gasteiger partial charge is 0.0178 e. The molecule has 2 nitrogen and oxygen atoms in total. The molecule has 1 saturated heterocycles. The second kappa shape index (κ2) is 2.81. The van der Waals surface area contributed by atoms with Crippen molar-refractivity contribution in [2.24, 2.45) is 11.7 Å². The molecule has 2 heteroatoms. The molecule has 14 heavy (non-hydrogen) atoms. The van der Waals surface area contributed by atoms with E-state index in [9.17, 15) is 0 Å². The predicted molar refractivity (Wildman–Crippen MR) is 57.0 cm³/mol. The minimum absolute atomic E-state index is 0.477. The van der Waals surface area contributed by atoms with Gasteiger partial charge in [0.05, 0.1) is 0 Å². The molecule has 1 aliphatic heterocycles. The Bertz CT molecular complexity index is 361. The third-order valence-corrected chi connectivity index (χ3v) is 3.80. The molecule has 1 aromatic carbocycles. The maximum atomic E-state index is 5.66. The van der Waals surface area contributed by atoms with Crippen molar-refractivity contribution in [3.05, 3.63) is 35.4 Å². The van der Waals surface area contributed by atoms with E-state index >= 15 is 0 Å². The zero-order chi connectivity index (χ0) is 9.60. The normalized spacial score (nSPS) is 34.2. The van der Waals surface area contributed by atoms with Crippen LogP contribution in [-0.4, -0.2) is 13.1 Å². The maximum absolute atomic E-state index is 5.66. The lowest BCUT2D eigenvalue weighted by Gasteiger charge is -2.13. The lowest BCUT2D eigenvalue weighted by atomic mass is 9.93. The molecule has 2 unspecified atom stereocenters. The van der Waals surface area contributed by atoms with Gasteiger partial charge in [-0.2, -0.15) is 0 Å². The van der Waals surface area contributed by atoms with Crippen molar-refractivity contribution in [2.75, 3.05) is 13.1 Å². The third-order valence-electron chi connectivity index (χ3n) is 3.80. The van der Waals surface area contributed by atoms with Crippen molar-refractivity contribution < 1.29 is 0 Å². The lowest BCUT2D eigenvalue weighted by Crippen LogP contribution is -2.19. The first-order chi connectivity index (χ1) is 6.85. The van der Waals surface area contributed by atoms with Gasteiger partial charge in [0.25, 0.3) is 0 Å². The summed E-state index contributed by atoms with van der Waals surface area (Å²) in [6.07, 6.45) is 1.37. The fourth-order valence-electron chi connectivity index (χ4n) is 2.80. The van der Waals surface area contributed by atoms with Crippen molar-refractivity contribution >= 4 is 0 Å². The molecule has 3 N–H and O–H groups in total. The third kappa shape index (κ3) is 1.04. The van der Waals surface area contributed by atoms with Crippen molar-refractivity contribution in [1.29, 1.82) is 0 Å². The summed E-state index contributed by atoms with van der Waals surface area (Å²) in [5.41, 5.74) is 8.89. The standard InChI is InChI=1S/C12H16N2/c13-6-9-2-1-3-10(4-9)12-5-11(12)7-14-8-12/h1-4,11,14H,5-8,13H2. The highest BCUT2D eigenvalue weighted by Gasteiger charge is 2.57. The first kappa shape index (κ1) is 8.45. The van der Waals surface area contributed by atoms with Gasteiger partial charge in [-0.15, -0.1) is 0 Å². The highest BCUT2D eigenvalue weighted by atomic mass is 15.0. The molecular weight excluding hydrogens is 172 g/mol. The van der Waals surface area contributed by atoms with Gasteiger partial charge in [0.1, 0.15) is 0 Å². The number of hydrogen-bond donors (Lipinski definition) is 2. The molecule has 2 atom stereocenters. The molecule has 1 saturated carbocycles. The second-order valence-electron chi connectivity index (χ2n) is 4.59. The average molecular weight is 188 g/mol. The van der Waals surface area contributed by atoms with Gasteiger partial charge >= 0.3 is 0 Å². The number of benzene rings is 1. The van der Waals surface area contributed by atoms with Gasteiger partial charge in [-0.1, -0.05) is 24.3 Å². The Labute approximate surface area is 84.5 Å². The number of nitrogens with two attached hydrogens (primary N) is 1. The molecule has 0 bridgehead atoms. The Kier molecular flexibility index (Phi) is 1.70. The fraction of sp³-hybridized carbons (Fsp3) is 0.500. The summed E-state index contributed by atoms with van der Waals surface area (Å²) >= 11 is 0. The SMILES string of the molecule is NCc1cccc(C23CNCC2C3)c1. The van der Waals surface area contributed by atoms with E-state index in [1.807, 2.05) is 0 Å². The van der Waals surface area contributed by atoms with Crippen LogP contribution >= 0.6 is 0 Å². The van der Waals surface area contributed by atoms with Crippen LogP contribution in [0.3, 0.4) is 0 Å². The highest BCUT2D eigenvalue weighted by molar-refractivity contribution is 5.39. The quantitative estimate of drug-likeness (QED) is 0.727. The summed E-state index contributed by atoms with van der Waals surface area (Å²) in [6.45, 7) is 3.01. The van der Waals surface area contributed by atoms with Crippen LogP contribution in [-0.2, 0) is 12.0 Å². The van der Waals surface area contributed by atoms with Crippen molar-refractivity contribution in [3.63, 3.8) is 0 Å². The van der Waals surface area contributed by atoms with Crippen LogP contribution in [0.25, 0.3) is 0 Å². The van der Waals surface area contributed by atoms with E-state index in [1.165, 1.54) is 24.1 Å². The van der Waals surface area contributed by atoms with Gasteiger partial charge in [-0.25, -0.2) is 0 Å². The van der Waals surface area contributed by atoms with Crippen LogP contribution in [0, 0.1) is 5.92 Å². The van der Waals surface area contributed by atoms with Gasteiger partial charge in [-0.05, 0) is 30.0 Å². The van der Waals surface area contributed by atoms with Crippen molar-refractivity contribution in [3.8, 4) is 0 Å². The van der Waals surface area contributed by atoms with E-state index in [0.29, 0.717) is 12.0 Å². The van der Waals surface area contributed by atoms with Crippen LogP contribution in [0.2, 0.25) is 0 Å². The molecule has 0 spiro atoms. The first-order valence-corrected chi connectivity index (χ1v) is 5.35. The molecule has 0 radical (unpaired) electrons. The van der Waals surface area contributed by atoms with E-state index in [1.54, 1.807) is 0 Å². The Hall–Kier alpha value is -0.860. The molecule has 2 aliphatic rings.